The van der Waals surface area contributed by atoms with Crippen LogP contribution in [-0.4, -0.2) is 67.2 Å². The first kappa shape index (κ1) is 26.2. The molecule has 0 saturated carbocycles. The summed E-state index contributed by atoms with van der Waals surface area (Å²) in [5.74, 6) is -0.152. The van der Waals surface area contributed by atoms with Crippen molar-refractivity contribution in [1.29, 1.82) is 0 Å². The van der Waals surface area contributed by atoms with Gasteiger partial charge < -0.3 is 9.80 Å². The van der Waals surface area contributed by atoms with Gasteiger partial charge in [-0.15, -0.1) is 11.3 Å². The molecule has 0 aliphatic carbocycles. The zero-order valence-electron chi connectivity index (χ0n) is 20.4. The molecule has 1 saturated heterocycles. The van der Waals surface area contributed by atoms with Gasteiger partial charge in [0.05, 0.1) is 16.9 Å². The fraction of sp³-hybridized carbons (Fsp3) is 0.320. The minimum Gasteiger partial charge on any atom is -0.368 e. The fourth-order valence-corrected chi connectivity index (χ4v) is 6.46. The SMILES string of the molecule is C[C@H](C(=O)N1CCN(c2ccc(S(=O)(=O)Nc3nccs3)cc2)CC1)[N+]1=CCc2ccc(C(F)(F)F)cc21. The summed E-state index contributed by atoms with van der Waals surface area (Å²) >= 11 is 1.19. The van der Waals surface area contributed by atoms with Gasteiger partial charge in [-0.1, -0.05) is 6.07 Å². The van der Waals surface area contributed by atoms with Gasteiger partial charge in [0, 0.05) is 62.0 Å². The lowest BCUT2D eigenvalue weighted by atomic mass is 10.1. The maximum Gasteiger partial charge on any atom is 0.416 e. The van der Waals surface area contributed by atoms with Crippen molar-refractivity contribution >= 4 is 50.0 Å². The predicted molar refractivity (Wildman–Crippen MR) is 139 cm³/mol. The van der Waals surface area contributed by atoms with Gasteiger partial charge >= 0.3 is 6.18 Å². The number of halogens is 3. The summed E-state index contributed by atoms with van der Waals surface area (Å²) in [6, 6.07) is 9.52. The topological polar surface area (TPSA) is 85.6 Å². The third-order valence-corrected chi connectivity index (χ3v) is 8.90. The van der Waals surface area contributed by atoms with Crippen molar-refractivity contribution < 1.29 is 31.0 Å². The van der Waals surface area contributed by atoms with Gasteiger partial charge in [-0.2, -0.15) is 17.7 Å². The highest BCUT2D eigenvalue weighted by atomic mass is 32.2. The van der Waals surface area contributed by atoms with Gasteiger partial charge in [-0.05, 0) is 30.3 Å². The molecule has 8 nitrogen and oxygen atoms in total. The number of nitrogens with one attached hydrogen (secondary N) is 1. The van der Waals surface area contributed by atoms with E-state index < -0.39 is 27.8 Å². The number of hydrogen-bond acceptors (Lipinski definition) is 6. The van der Waals surface area contributed by atoms with Crippen LogP contribution in [0.5, 0.6) is 0 Å². The molecule has 1 amide bonds. The first-order chi connectivity index (χ1) is 18.0. The molecule has 0 unspecified atom stereocenters. The van der Waals surface area contributed by atoms with Crippen molar-refractivity contribution in [1.82, 2.24) is 9.88 Å². The van der Waals surface area contributed by atoms with E-state index in [4.69, 9.17) is 0 Å². The van der Waals surface area contributed by atoms with Crippen molar-refractivity contribution in [2.24, 2.45) is 0 Å². The average Bonchev–Trinajstić information content (AvgIpc) is 3.56. The largest absolute Gasteiger partial charge is 0.416 e. The summed E-state index contributed by atoms with van der Waals surface area (Å²) in [4.78, 5) is 21.1. The molecule has 0 radical (unpaired) electrons. The zero-order valence-corrected chi connectivity index (χ0v) is 22.0. The second-order valence-corrected chi connectivity index (χ2v) is 11.6. The highest BCUT2D eigenvalue weighted by molar-refractivity contribution is 7.93. The van der Waals surface area contributed by atoms with Gasteiger partial charge in [0.15, 0.2) is 11.3 Å². The van der Waals surface area contributed by atoms with Crippen LogP contribution in [0.15, 0.2) is 58.9 Å². The number of nitrogens with zero attached hydrogens (tertiary/aromatic N) is 4. The molecule has 1 aromatic heterocycles. The van der Waals surface area contributed by atoms with E-state index in [1.165, 1.54) is 35.7 Å². The van der Waals surface area contributed by atoms with E-state index in [0.29, 0.717) is 43.4 Å². The Bertz CT molecular complexity index is 1460. The summed E-state index contributed by atoms with van der Waals surface area (Å²) in [7, 11) is -3.74. The Morgan fingerprint density at radius 2 is 1.82 bits per heavy atom. The fourth-order valence-electron chi connectivity index (χ4n) is 4.67. The Hall–Kier alpha value is -3.45. The number of hydrogen-bond donors (Lipinski definition) is 1. The van der Waals surface area contributed by atoms with Crippen LogP contribution in [-0.2, 0) is 27.4 Å². The number of piperazine rings is 1. The van der Waals surface area contributed by atoms with Gasteiger partial charge in [0.1, 0.15) is 0 Å². The Labute approximate surface area is 222 Å². The Kier molecular flexibility index (Phi) is 6.90. The summed E-state index contributed by atoms with van der Waals surface area (Å²) in [5.41, 5.74) is 1.27. The number of fused-ring (bicyclic) bond motifs is 1. The van der Waals surface area contributed by atoms with Gasteiger partial charge in [-0.3, -0.25) is 9.52 Å². The number of sulfonamides is 1. The quantitative estimate of drug-likeness (QED) is 0.458. The molecular weight excluding hydrogens is 539 g/mol. The molecule has 1 N–H and O–H groups in total. The maximum atomic E-state index is 13.3. The first-order valence-corrected chi connectivity index (χ1v) is 14.3. The number of amides is 1. The smallest absolute Gasteiger partial charge is 0.368 e. The highest BCUT2D eigenvalue weighted by Gasteiger charge is 2.38. The van der Waals surface area contributed by atoms with Gasteiger partial charge in [0.2, 0.25) is 11.7 Å². The number of anilines is 2. The summed E-state index contributed by atoms with van der Waals surface area (Å²) in [5, 5.41) is 1.97. The molecule has 38 heavy (non-hydrogen) atoms. The summed E-state index contributed by atoms with van der Waals surface area (Å²) in [6.45, 7) is 3.68. The van der Waals surface area contributed by atoms with E-state index in [2.05, 4.69) is 14.6 Å². The van der Waals surface area contributed by atoms with E-state index >= 15 is 0 Å². The number of alkyl halides is 3. The minimum atomic E-state index is -4.45. The maximum absolute atomic E-state index is 13.3. The minimum absolute atomic E-state index is 0.120. The molecule has 2 aliphatic heterocycles. The Morgan fingerprint density at radius 3 is 2.45 bits per heavy atom. The van der Waals surface area contributed by atoms with Gasteiger partial charge in [0.25, 0.3) is 15.9 Å². The lowest BCUT2D eigenvalue weighted by Crippen LogP contribution is -2.52. The van der Waals surface area contributed by atoms with Crippen molar-refractivity contribution in [2.75, 3.05) is 35.8 Å². The molecule has 200 valence electrons. The number of carbonyl (C=O) groups excluding carboxylic acids is 1. The van der Waals surface area contributed by atoms with Crippen molar-refractivity contribution in [3.05, 3.63) is 65.2 Å². The van der Waals surface area contributed by atoms with E-state index in [1.54, 1.807) is 40.1 Å². The molecule has 1 fully saturated rings. The van der Waals surface area contributed by atoms with E-state index in [9.17, 15) is 26.4 Å². The first-order valence-electron chi connectivity index (χ1n) is 11.9. The van der Waals surface area contributed by atoms with Crippen molar-refractivity contribution in [2.45, 2.75) is 30.5 Å². The number of benzene rings is 2. The molecule has 3 heterocycles. The monoisotopic (exact) mass is 564 g/mol. The van der Waals surface area contributed by atoms with Crippen LogP contribution in [0, 0.1) is 0 Å². The average molecular weight is 565 g/mol. The number of aromatic nitrogens is 1. The molecule has 3 aromatic rings. The number of carbonyl (C=O) groups is 1. The lowest BCUT2D eigenvalue weighted by molar-refractivity contribution is -0.460. The van der Waals surface area contributed by atoms with Crippen LogP contribution in [0.3, 0.4) is 0 Å². The van der Waals surface area contributed by atoms with Crippen molar-refractivity contribution in [3.8, 4) is 0 Å². The Balaban J connectivity index is 1.21. The normalized spacial score (nSPS) is 16.7. The van der Waals surface area contributed by atoms with Crippen LogP contribution in [0.4, 0.5) is 29.7 Å². The summed E-state index contributed by atoms with van der Waals surface area (Å²) < 4.78 is 68.9. The van der Waals surface area contributed by atoms with Crippen molar-refractivity contribution in [3.63, 3.8) is 0 Å². The zero-order chi connectivity index (χ0) is 27.1. The highest BCUT2D eigenvalue weighted by Crippen LogP contribution is 2.35. The van der Waals surface area contributed by atoms with Crippen LogP contribution < -0.4 is 9.62 Å². The molecule has 0 spiro atoms. The van der Waals surface area contributed by atoms with Crippen LogP contribution in [0.25, 0.3) is 0 Å². The summed E-state index contributed by atoms with van der Waals surface area (Å²) in [6.07, 6.45) is -0.692. The third kappa shape index (κ3) is 5.25. The second-order valence-electron chi connectivity index (χ2n) is 9.06. The molecule has 13 heteroatoms. The number of thiazole rings is 1. The standard InChI is InChI=1S/C25H25F3N5O3S2/c1-17(33-10-8-18-2-3-19(16-22(18)33)25(26,27)28)23(34)32-13-11-31(12-14-32)20-4-6-21(7-5-20)38(35,36)30-24-29-9-15-37-24/h2-7,9-10,15-17H,8,11-14H2,1H3,(H,29,30)/q+1/t17-/m1/s1. The van der Waals surface area contributed by atoms with Gasteiger partial charge in [-0.25, -0.2) is 13.4 Å². The van der Waals surface area contributed by atoms with E-state index in [1.807, 2.05) is 0 Å². The second kappa shape index (κ2) is 10.0. The molecule has 0 bridgehead atoms. The molecule has 2 aromatic carbocycles. The molecular formula is C25H25F3N5O3S2+. The van der Waals surface area contributed by atoms with E-state index in [-0.39, 0.29) is 10.8 Å². The number of rotatable bonds is 6. The third-order valence-electron chi connectivity index (χ3n) is 6.73. The van der Waals surface area contributed by atoms with Crippen LogP contribution >= 0.6 is 11.3 Å². The van der Waals surface area contributed by atoms with Crippen LogP contribution in [0.2, 0.25) is 0 Å². The molecule has 2 aliphatic rings. The lowest BCUT2D eigenvalue weighted by Gasteiger charge is -2.36. The predicted octanol–water partition coefficient (Wildman–Crippen LogP) is 3.97. The van der Waals surface area contributed by atoms with Crippen LogP contribution in [0.1, 0.15) is 18.1 Å². The van der Waals surface area contributed by atoms with E-state index in [0.717, 1.165) is 23.4 Å². The molecule has 1 atom stereocenters. The molecule has 5 rings (SSSR count). The Morgan fingerprint density at radius 1 is 1.11 bits per heavy atom.